The molecule has 0 aliphatic heterocycles. The second kappa shape index (κ2) is 55.2. The van der Waals surface area contributed by atoms with Gasteiger partial charge in [-0.15, -0.1) is 0 Å². The summed E-state index contributed by atoms with van der Waals surface area (Å²) in [6, 6.07) is 65.1. The molecule has 678 valence electrons. The number of ketones is 4. The number of benzene rings is 7. The van der Waals surface area contributed by atoms with Crippen LogP contribution in [-0.4, -0.2) is 119 Å². The molecule has 133 heavy (non-hydrogen) atoms. The number of pyridine rings is 5. The van der Waals surface area contributed by atoms with Crippen molar-refractivity contribution in [2.24, 2.45) is 23.5 Å². The van der Waals surface area contributed by atoms with Crippen LogP contribution < -0.4 is 50.4 Å². The van der Waals surface area contributed by atoms with Crippen LogP contribution in [0.3, 0.4) is 0 Å². The van der Waals surface area contributed by atoms with E-state index >= 15 is 0 Å². The van der Waals surface area contributed by atoms with Crippen LogP contribution in [0.15, 0.2) is 304 Å². The van der Waals surface area contributed by atoms with Gasteiger partial charge in [0.2, 0.25) is 29.1 Å². The van der Waals surface area contributed by atoms with Crippen LogP contribution in [0.25, 0.3) is 11.0 Å². The predicted molar refractivity (Wildman–Crippen MR) is 515 cm³/mol. The van der Waals surface area contributed by atoms with E-state index in [2.05, 4.69) is 70.9 Å². The molecule has 16 N–H and O–H groups in total. The quantitative estimate of drug-likeness (QED) is 0.00435. The Morgan fingerprint density at radius 1 is 0.436 bits per heavy atom. The van der Waals surface area contributed by atoms with E-state index in [0.29, 0.717) is 130 Å². The first-order chi connectivity index (χ1) is 64.1. The van der Waals surface area contributed by atoms with Gasteiger partial charge in [-0.1, -0.05) is 98.2 Å². The number of isocyanates is 1. The van der Waals surface area contributed by atoms with Crippen LogP contribution >= 0.6 is 23.2 Å². The van der Waals surface area contributed by atoms with Crippen LogP contribution in [0.2, 0.25) is 10.4 Å². The average Bonchev–Trinajstić information content (AvgIpc) is 1.64. The summed E-state index contributed by atoms with van der Waals surface area (Å²) in [4.78, 5) is 139. The van der Waals surface area contributed by atoms with E-state index in [9.17, 15) is 53.8 Å². The fourth-order valence-corrected chi connectivity index (χ4v) is 11.8. The second-order valence-corrected chi connectivity index (χ2v) is 28.6. The average molecular weight is 1830 g/mol. The number of nitrogens with zero attached hydrogens (tertiary/aromatic N) is 14. The van der Waals surface area contributed by atoms with Gasteiger partial charge in [0.05, 0.1) is 38.4 Å². The minimum absolute atomic E-state index is 0.0279. The third-order valence-electron chi connectivity index (χ3n) is 17.8. The first-order valence-corrected chi connectivity index (χ1v) is 41.2. The molecule has 37 heteroatoms. The maximum atomic E-state index is 12.4. The van der Waals surface area contributed by atoms with E-state index < -0.39 is 21.7 Å². The Labute approximate surface area is 774 Å². The van der Waals surface area contributed by atoms with E-state index in [0.717, 1.165) is 56.4 Å². The molecule has 8 aromatic heterocycles. The number of hydrogen-bond donors (Lipinski definition) is 10. The summed E-state index contributed by atoms with van der Waals surface area (Å²) in [5.41, 5.74) is 46.0. The molecule has 0 fully saturated rings. The number of anilines is 9. The first kappa shape index (κ1) is 103. The number of nitro benzene ring substituents is 2. The number of nitrogen functional groups attached to an aromatic ring is 4. The zero-order valence-electron chi connectivity index (χ0n) is 72.5. The van der Waals surface area contributed by atoms with Gasteiger partial charge in [-0.2, -0.15) is 25.0 Å². The summed E-state index contributed by atoms with van der Waals surface area (Å²) < 4.78 is 1.59. The molecule has 15 aromatic rings. The highest BCUT2D eigenvalue weighted by atomic mass is 35.5. The second-order valence-electron chi connectivity index (χ2n) is 27.9. The van der Waals surface area contributed by atoms with Crippen molar-refractivity contribution in [1.82, 2.24) is 54.6 Å². The highest BCUT2D eigenvalue weighted by Gasteiger charge is 2.17. The molecule has 35 nitrogen and oxygen atoms in total. The number of halogens is 2. The third-order valence-corrected chi connectivity index (χ3v) is 18.3. The Morgan fingerprint density at radius 3 is 1.11 bits per heavy atom. The number of non-ortho nitro benzene ring substituents is 2. The van der Waals surface area contributed by atoms with Crippen LogP contribution in [0.1, 0.15) is 84.6 Å². The molecule has 8 heterocycles. The Hall–Kier alpha value is -17.4. The number of aliphatic imine (C=N–C) groups is 1. The van der Waals surface area contributed by atoms with E-state index in [4.69, 9.17) is 63.0 Å². The van der Waals surface area contributed by atoms with E-state index in [1.807, 2.05) is 129 Å². The highest BCUT2D eigenvalue weighted by molar-refractivity contribution is 6.35. The van der Waals surface area contributed by atoms with Crippen molar-refractivity contribution in [3.8, 4) is 0 Å². The molecule has 7 aromatic carbocycles. The Bertz CT molecular complexity index is 6190. The van der Waals surface area contributed by atoms with Gasteiger partial charge in [-0.25, -0.2) is 9.78 Å². The molecule has 0 atom stereocenters. The maximum Gasteiger partial charge on any atom is 0.269 e. The normalized spacial score (nSPS) is 9.88. The van der Waals surface area contributed by atoms with Crippen molar-refractivity contribution < 1.29 is 43.4 Å². The maximum absolute atomic E-state index is 12.4. The van der Waals surface area contributed by atoms with Gasteiger partial charge in [0.25, 0.3) is 11.4 Å². The van der Waals surface area contributed by atoms with Gasteiger partial charge in [-0.3, -0.25) is 78.6 Å². The van der Waals surface area contributed by atoms with Gasteiger partial charge in [0.1, 0.15) is 39.9 Å². The summed E-state index contributed by atoms with van der Waals surface area (Å²) in [7, 11) is 3.48. The van der Waals surface area contributed by atoms with Crippen molar-refractivity contribution in [3.05, 3.63) is 391 Å². The molecule has 0 aliphatic carbocycles. The van der Waals surface area contributed by atoms with Gasteiger partial charge < -0.3 is 55.8 Å². The summed E-state index contributed by atoms with van der Waals surface area (Å²) in [5, 5.41) is 43.0. The molecule has 0 unspecified atom stereocenters. The number of fused-ring (bicyclic) bond motifs is 1. The summed E-state index contributed by atoms with van der Waals surface area (Å²) in [5.74, 6) is 0.765. The molecule has 0 saturated carbocycles. The van der Waals surface area contributed by atoms with E-state index in [1.165, 1.54) is 42.5 Å². The lowest BCUT2D eigenvalue weighted by Crippen LogP contribution is -2.11. The number of aromatic nitrogens is 11. The topological polar surface area (TPSA) is 568 Å². The van der Waals surface area contributed by atoms with E-state index in [1.54, 1.807) is 166 Å². The van der Waals surface area contributed by atoms with Crippen LogP contribution in [0.5, 0.6) is 0 Å². The lowest BCUT2D eigenvalue weighted by molar-refractivity contribution is -0.385. The summed E-state index contributed by atoms with van der Waals surface area (Å²) >= 11 is 11.4. The number of carbonyl (C=O) groups excluding carboxylic acids is 7. The Morgan fingerprint density at radius 2 is 0.774 bits per heavy atom. The highest BCUT2D eigenvalue weighted by Crippen LogP contribution is 2.28. The smallest absolute Gasteiger partial charge is 0.269 e. The van der Waals surface area contributed by atoms with Crippen molar-refractivity contribution in [1.29, 1.82) is 5.41 Å². The molecule has 15 rings (SSSR count). The zero-order valence-corrected chi connectivity index (χ0v) is 74.0. The number of Topliss-reactive ketones (excluding diaryl/α,β-unsaturated/α-hetero) is 4. The number of aryl methyl sites for hydroxylation is 1. The van der Waals surface area contributed by atoms with Crippen molar-refractivity contribution >= 4 is 150 Å². The lowest BCUT2D eigenvalue weighted by atomic mass is 10.0. The third kappa shape index (κ3) is 37.6. The van der Waals surface area contributed by atoms with Gasteiger partial charge in [0.15, 0.2) is 5.65 Å². The fourth-order valence-electron chi connectivity index (χ4n) is 11.4. The summed E-state index contributed by atoms with van der Waals surface area (Å²) in [6.07, 6.45) is 24.0. The van der Waals surface area contributed by atoms with Gasteiger partial charge >= 0.3 is 0 Å². The summed E-state index contributed by atoms with van der Waals surface area (Å²) in [6.45, 7) is 4.00. The number of carbonyl (C=O) groups is 6. The largest absolute Gasteiger partial charge is 0.399 e. The molecule has 0 aliphatic rings. The van der Waals surface area contributed by atoms with Crippen molar-refractivity contribution in [2.45, 2.75) is 65.2 Å². The molecule has 0 bridgehead atoms. The fraction of sp³-hybridized carbons (Fsp3) is 0.125. The van der Waals surface area contributed by atoms with Crippen LogP contribution in [0.4, 0.5) is 68.8 Å². The minimum atomic E-state index is -0.519. The van der Waals surface area contributed by atoms with E-state index in [-0.39, 0.29) is 46.2 Å². The molecular formula is C96H94Cl2N24O11. The number of nitro groups is 2. The number of rotatable bonds is 27. The molecule has 0 spiro atoms. The number of nitrogens with two attached hydrogens (primary N) is 6. The molecular weight excluding hydrogens is 1740 g/mol. The SMILES string of the molecule is CC.CNc1nc(Nc2ccc(CC(=O)Cc3cccnc3)cc2)nc(Nc2ccc(C(N)=O)cc2)c1C=N.Cn1ncc2c(Cl)nc(Cl)nc21.NC(=O)c1ccc(N)cc1.Nc1ccc(CC(=O)Cc2cccnc2)cc1.Nc1ccc(CC(=O)Cc2cccnc2)cc1.Nc1cccnc1.O=C(Cc1ccc([N+](=O)[O-])cc1)Cc1cccnc1.O=C=Nc1ccc([N+](=O)[O-])cc1. The molecule has 2 amide bonds. The monoisotopic (exact) mass is 1830 g/mol. The number of amides is 2. The first-order valence-electron chi connectivity index (χ1n) is 40.4. The molecule has 0 saturated heterocycles. The Balaban J connectivity index is 0.000000218. The van der Waals surface area contributed by atoms with Crippen LogP contribution in [-0.2, 0) is 82.4 Å². The van der Waals surface area contributed by atoms with Crippen molar-refractivity contribution in [2.75, 3.05) is 45.9 Å². The van der Waals surface area contributed by atoms with Crippen molar-refractivity contribution in [3.63, 3.8) is 0 Å². The lowest BCUT2D eigenvalue weighted by Gasteiger charge is -2.15. The van der Waals surface area contributed by atoms with Crippen LogP contribution in [0, 0.1) is 25.6 Å². The number of hydrogen-bond acceptors (Lipinski definition) is 30. The van der Waals surface area contributed by atoms with Gasteiger partial charge in [0, 0.05) is 197 Å². The number of primary amides is 2. The predicted octanol–water partition coefficient (Wildman–Crippen LogP) is 15.5. The minimum Gasteiger partial charge on any atom is -0.399 e. The number of nitrogens with one attached hydrogen (secondary N) is 4. The zero-order chi connectivity index (χ0) is 96.4. The molecule has 0 radical (unpaired) electrons. The Kier molecular flexibility index (Phi) is 42.6. The standard InChI is InChI=1S/C27H26N8O2.C14H12N2O3.2C14H14N2O.C7H4N2O3.C7H8N2O.C6H4Cl2N4.C5H6N2.C2H6/c1-30-25-23(15-28)26(32-20-10-6-19(7-11-20)24(29)37)35-27(34-25)33-21-8-4-17(5-9-21)13-22(36)14-18-3-2-12-31-16-18;17-14(9-12-2-1-7-15-10-12)8-11-3-5-13(6-4-11)16(18)19;2*15-13-5-3-11(4-6-13)8-14(17)9-12-2-1-7-16-10-12;10-5-8-6-1-3-7(4-2-6)9(11)12;8-6-3-1-5(2-4-6)7(9)10;1-12-5-3(2-9-12)4(7)10-6(8)11-5;6-5-2-1-3-7-4-5;1-2/h2-12,15-16,28H,13-14H2,1H3,(H2,29,37)(H3,30,32,33,34,35);1-7,10H,8-9H2;2*1-7,10H,8-9,15H2;1-4H;1-4H,8H2,(H2,9,10);2H,1H3;1-4H,6H2;1-2H3. The van der Waals surface area contributed by atoms with Gasteiger partial charge in [-0.05, 0) is 190 Å².